The van der Waals surface area contributed by atoms with E-state index in [1.807, 2.05) is 6.07 Å². The molecule has 1 saturated heterocycles. The Kier molecular flexibility index (Phi) is 4.02. The van der Waals surface area contributed by atoms with Gasteiger partial charge in [0.1, 0.15) is 5.82 Å². The number of hydrogen-bond acceptors (Lipinski definition) is 3. The fourth-order valence-electron chi connectivity index (χ4n) is 1.42. The highest BCUT2D eigenvalue weighted by atomic mass is 79.9. The van der Waals surface area contributed by atoms with Crippen LogP contribution in [0.1, 0.15) is 0 Å². The van der Waals surface area contributed by atoms with E-state index >= 15 is 0 Å². The van der Waals surface area contributed by atoms with Gasteiger partial charge in [0, 0.05) is 31.1 Å². The van der Waals surface area contributed by atoms with E-state index in [-0.39, 0.29) is 5.82 Å². The first kappa shape index (κ1) is 11.4. The second kappa shape index (κ2) is 5.30. The highest BCUT2D eigenvalue weighted by molar-refractivity contribution is 9.10. The quantitative estimate of drug-likeness (QED) is 0.843. The molecule has 0 atom stereocenters. The molecular formula is C10H12BrFN2S. The van der Waals surface area contributed by atoms with E-state index in [4.69, 9.17) is 0 Å². The average molecular weight is 291 g/mol. The molecule has 0 unspecified atom stereocenters. The van der Waals surface area contributed by atoms with E-state index in [1.54, 1.807) is 24.1 Å². The number of nitrogens with one attached hydrogen (secondary N) is 1. The number of nitrogens with zero attached hydrogens (tertiary/aromatic N) is 1. The number of benzene rings is 1. The minimum Gasteiger partial charge on any atom is -0.314 e. The third-order valence-electron chi connectivity index (χ3n) is 2.20. The summed E-state index contributed by atoms with van der Waals surface area (Å²) < 4.78 is 16.0. The summed E-state index contributed by atoms with van der Waals surface area (Å²) in [5.41, 5.74) is 0. The smallest absolute Gasteiger partial charge is 0.138 e. The Morgan fingerprint density at radius 3 is 2.73 bits per heavy atom. The second-order valence-electron chi connectivity index (χ2n) is 3.35. The normalized spacial score (nSPS) is 18.0. The van der Waals surface area contributed by atoms with Crippen LogP contribution in [-0.4, -0.2) is 30.5 Å². The lowest BCUT2D eigenvalue weighted by atomic mass is 10.3. The fourth-order valence-corrected chi connectivity index (χ4v) is 2.61. The van der Waals surface area contributed by atoms with Gasteiger partial charge in [-0.15, -0.1) is 0 Å². The van der Waals surface area contributed by atoms with Gasteiger partial charge in [-0.3, -0.25) is 0 Å². The van der Waals surface area contributed by atoms with E-state index in [2.05, 4.69) is 25.6 Å². The van der Waals surface area contributed by atoms with Crippen LogP contribution in [0.25, 0.3) is 0 Å². The monoisotopic (exact) mass is 290 g/mol. The summed E-state index contributed by atoms with van der Waals surface area (Å²) in [6.45, 7) is 4.02. The third kappa shape index (κ3) is 3.17. The van der Waals surface area contributed by atoms with Gasteiger partial charge >= 0.3 is 0 Å². The zero-order chi connectivity index (χ0) is 10.7. The maximum Gasteiger partial charge on any atom is 0.138 e. The molecule has 0 aliphatic carbocycles. The van der Waals surface area contributed by atoms with Crippen molar-refractivity contribution in [2.75, 3.05) is 26.2 Å². The summed E-state index contributed by atoms with van der Waals surface area (Å²) in [7, 11) is 0. The minimum atomic E-state index is -0.199. The molecule has 1 fully saturated rings. The first-order valence-electron chi connectivity index (χ1n) is 4.84. The van der Waals surface area contributed by atoms with Gasteiger partial charge in [0.05, 0.1) is 4.47 Å². The summed E-state index contributed by atoms with van der Waals surface area (Å²) in [5, 5.41) is 3.28. The summed E-state index contributed by atoms with van der Waals surface area (Å²) >= 11 is 4.77. The van der Waals surface area contributed by atoms with Gasteiger partial charge in [0.2, 0.25) is 0 Å². The van der Waals surface area contributed by atoms with Crippen molar-refractivity contribution in [1.82, 2.24) is 9.62 Å². The van der Waals surface area contributed by atoms with Gasteiger partial charge in [-0.05, 0) is 46.1 Å². The number of halogens is 2. The third-order valence-corrected chi connectivity index (χ3v) is 3.93. The maximum absolute atomic E-state index is 13.2. The molecule has 0 bridgehead atoms. The molecule has 1 aromatic carbocycles. The van der Waals surface area contributed by atoms with Gasteiger partial charge in [-0.1, -0.05) is 0 Å². The van der Waals surface area contributed by atoms with Crippen molar-refractivity contribution in [2.45, 2.75) is 4.90 Å². The van der Waals surface area contributed by atoms with Crippen molar-refractivity contribution >= 4 is 27.9 Å². The first-order valence-corrected chi connectivity index (χ1v) is 6.41. The van der Waals surface area contributed by atoms with Crippen molar-refractivity contribution in [3.8, 4) is 0 Å². The van der Waals surface area contributed by atoms with Crippen molar-refractivity contribution in [2.24, 2.45) is 0 Å². The van der Waals surface area contributed by atoms with Crippen LogP contribution in [0.15, 0.2) is 27.6 Å². The number of rotatable bonds is 2. The highest BCUT2D eigenvalue weighted by Crippen LogP contribution is 2.26. The van der Waals surface area contributed by atoms with Crippen LogP contribution in [0.4, 0.5) is 4.39 Å². The molecule has 82 valence electrons. The Morgan fingerprint density at radius 1 is 1.33 bits per heavy atom. The molecule has 1 aromatic rings. The van der Waals surface area contributed by atoms with Crippen molar-refractivity contribution in [3.63, 3.8) is 0 Å². The van der Waals surface area contributed by atoms with E-state index in [0.29, 0.717) is 4.47 Å². The SMILES string of the molecule is Fc1cc(SN2CCNCC2)ccc1Br. The fraction of sp³-hybridized carbons (Fsp3) is 0.400. The Bertz CT molecular complexity index is 342. The number of piperazine rings is 1. The Morgan fingerprint density at radius 2 is 2.07 bits per heavy atom. The summed E-state index contributed by atoms with van der Waals surface area (Å²) in [6.07, 6.45) is 0. The lowest BCUT2D eigenvalue weighted by Gasteiger charge is -2.25. The molecule has 15 heavy (non-hydrogen) atoms. The maximum atomic E-state index is 13.2. The Balaban J connectivity index is 2.00. The molecule has 2 rings (SSSR count). The average Bonchev–Trinajstić information content (AvgIpc) is 2.25. The molecular weight excluding hydrogens is 279 g/mol. The summed E-state index contributed by atoms with van der Waals surface area (Å²) in [4.78, 5) is 0.956. The molecule has 0 saturated carbocycles. The molecule has 2 nitrogen and oxygen atoms in total. The van der Waals surface area contributed by atoms with Crippen molar-refractivity contribution in [3.05, 3.63) is 28.5 Å². The van der Waals surface area contributed by atoms with Crippen LogP contribution in [0.2, 0.25) is 0 Å². The lowest BCUT2D eigenvalue weighted by molar-refractivity contribution is 0.396. The van der Waals surface area contributed by atoms with E-state index in [0.717, 1.165) is 31.1 Å². The van der Waals surface area contributed by atoms with Gasteiger partial charge in [0.25, 0.3) is 0 Å². The number of hydrogen-bond donors (Lipinski definition) is 1. The van der Waals surface area contributed by atoms with Crippen LogP contribution >= 0.6 is 27.9 Å². The van der Waals surface area contributed by atoms with Crippen LogP contribution < -0.4 is 5.32 Å². The van der Waals surface area contributed by atoms with Gasteiger partial charge in [0.15, 0.2) is 0 Å². The van der Waals surface area contributed by atoms with Crippen LogP contribution in [0.3, 0.4) is 0 Å². The minimum absolute atomic E-state index is 0.199. The van der Waals surface area contributed by atoms with Crippen LogP contribution in [0, 0.1) is 5.82 Å². The molecule has 1 aliphatic heterocycles. The largest absolute Gasteiger partial charge is 0.314 e. The molecule has 0 amide bonds. The zero-order valence-electron chi connectivity index (χ0n) is 8.17. The predicted octanol–water partition coefficient (Wildman–Crippen LogP) is 2.50. The molecule has 1 aliphatic rings. The lowest BCUT2D eigenvalue weighted by Crippen LogP contribution is -2.39. The summed E-state index contributed by atoms with van der Waals surface area (Å²) in [6, 6.07) is 5.25. The Labute approximate surface area is 101 Å². The zero-order valence-corrected chi connectivity index (χ0v) is 10.6. The van der Waals surface area contributed by atoms with Crippen molar-refractivity contribution in [1.29, 1.82) is 0 Å². The molecule has 1 N–H and O–H groups in total. The topological polar surface area (TPSA) is 15.3 Å². The predicted molar refractivity (Wildman–Crippen MR) is 64.4 cm³/mol. The van der Waals surface area contributed by atoms with E-state index in [1.165, 1.54) is 0 Å². The summed E-state index contributed by atoms with van der Waals surface area (Å²) in [5.74, 6) is -0.199. The van der Waals surface area contributed by atoms with Gasteiger partial charge in [-0.25, -0.2) is 8.70 Å². The van der Waals surface area contributed by atoms with Crippen molar-refractivity contribution < 1.29 is 4.39 Å². The van der Waals surface area contributed by atoms with Crippen LogP contribution in [0.5, 0.6) is 0 Å². The molecule has 0 spiro atoms. The standard InChI is InChI=1S/C10H12BrFN2S/c11-9-2-1-8(7-10(9)12)15-14-5-3-13-4-6-14/h1-2,7,13H,3-6H2. The second-order valence-corrected chi connectivity index (χ2v) is 5.37. The molecule has 5 heteroatoms. The molecule has 0 aromatic heterocycles. The molecule has 1 heterocycles. The van der Waals surface area contributed by atoms with Crippen LogP contribution in [-0.2, 0) is 0 Å². The highest BCUT2D eigenvalue weighted by Gasteiger charge is 2.11. The van der Waals surface area contributed by atoms with E-state index in [9.17, 15) is 4.39 Å². The van der Waals surface area contributed by atoms with Gasteiger partial charge < -0.3 is 5.32 Å². The molecule has 0 radical (unpaired) electrons. The van der Waals surface area contributed by atoms with E-state index < -0.39 is 0 Å². The first-order chi connectivity index (χ1) is 7.25. The van der Waals surface area contributed by atoms with Gasteiger partial charge in [-0.2, -0.15) is 0 Å². The Hall–Kier alpha value is -0.100.